The second kappa shape index (κ2) is 8.94. The Labute approximate surface area is 123 Å². The number of rotatable bonds is 9. The van der Waals surface area contributed by atoms with Crippen molar-refractivity contribution >= 4 is 10.2 Å². The van der Waals surface area contributed by atoms with Crippen molar-refractivity contribution in [3.8, 4) is 0 Å². The zero-order valence-corrected chi connectivity index (χ0v) is 13.8. The van der Waals surface area contributed by atoms with Crippen LogP contribution in [0.5, 0.6) is 0 Å². The predicted octanol–water partition coefficient (Wildman–Crippen LogP) is 0.664. The van der Waals surface area contributed by atoms with Gasteiger partial charge in [-0.2, -0.15) is 17.0 Å². The minimum absolute atomic E-state index is 0.0404. The molecule has 1 heterocycles. The molecule has 0 amide bonds. The third-order valence-electron chi connectivity index (χ3n) is 3.54. The number of nitrogens with one attached hydrogen (secondary N) is 1. The SMILES string of the molecule is CCNCCCN(C)S(=O)(=O)N1CCCC(OCC)C1. The van der Waals surface area contributed by atoms with Crippen molar-refractivity contribution in [3.05, 3.63) is 0 Å². The van der Waals surface area contributed by atoms with Crippen LogP contribution in [0, 0.1) is 0 Å². The highest BCUT2D eigenvalue weighted by Crippen LogP contribution is 2.18. The first-order valence-electron chi connectivity index (χ1n) is 7.56. The Morgan fingerprint density at radius 3 is 2.80 bits per heavy atom. The number of ether oxygens (including phenoxy) is 1. The van der Waals surface area contributed by atoms with Crippen LogP contribution in [-0.4, -0.2) is 69.5 Å². The van der Waals surface area contributed by atoms with Gasteiger partial charge in [0.2, 0.25) is 0 Å². The molecular weight excluding hydrogens is 278 g/mol. The molecule has 1 atom stereocenters. The summed E-state index contributed by atoms with van der Waals surface area (Å²) in [5.41, 5.74) is 0. The van der Waals surface area contributed by atoms with E-state index in [4.69, 9.17) is 4.74 Å². The van der Waals surface area contributed by atoms with Crippen LogP contribution in [-0.2, 0) is 14.9 Å². The summed E-state index contributed by atoms with van der Waals surface area (Å²) in [6.45, 7) is 8.01. The lowest BCUT2D eigenvalue weighted by molar-refractivity contribution is 0.0253. The molecule has 1 unspecified atom stereocenters. The van der Waals surface area contributed by atoms with Gasteiger partial charge in [-0.15, -0.1) is 0 Å². The summed E-state index contributed by atoms with van der Waals surface area (Å²) < 4.78 is 33.5. The average Bonchev–Trinajstić information content (AvgIpc) is 2.44. The minimum atomic E-state index is -3.34. The molecule has 0 aromatic heterocycles. The molecule has 1 aliphatic rings. The van der Waals surface area contributed by atoms with E-state index < -0.39 is 10.2 Å². The van der Waals surface area contributed by atoms with Crippen molar-refractivity contribution in [2.45, 2.75) is 39.2 Å². The van der Waals surface area contributed by atoms with E-state index in [1.165, 1.54) is 4.31 Å². The van der Waals surface area contributed by atoms with Gasteiger partial charge in [0, 0.05) is 33.3 Å². The fourth-order valence-electron chi connectivity index (χ4n) is 2.40. The van der Waals surface area contributed by atoms with Crippen molar-refractivity contribution in [2.24, 2.45) is 0 Å². The second-order valence-electron chi connectivity index (χ2n) is 5.11. The Morgan fingerprint density at radius 2 is 2.15 bits per heavy atom. The molecule has 0 aromatic carbocycles. The third kappa shape index (κ3) is 5.29. The van der Waals surface area contributed by atoms with Gasteiger partial charge in [-0.25, -0.2) is 0 Å². The first-order valence-corrected chi connectivity index (χ1v) is 8.95. The number of nitrogens with zero attached hydrogens (tertiary/aromatic N) is 2. The van der Waals surface area contributed by atoms with Gasteiger partial charge in [0.15, 0.2) is 0 Å². The quantitative estimate of drug-likeness (QED) is 0.636. The molecule has 7 heteroatoms. The first-order chi connectivity index (χ1) is 9.52. The highest BCUT2D eigenvalue weighted by Gasteiger charge is 2.31. The largest absolute Gasteiger partial charge is 0.377 e. The predicted molar refractivity (Wildman–Crippen MR) is 80.9 cm³/mol. The molecule has 0 saturated carbocycles. The van der Waals surface area contributed by atoms with Crippen molar-refractivity contribution in [1.29, 1.82) is 0 Å². The summed E-state index contributed by atoms with van der Waals surface area (Å²) in [4.78, 5) is 0. The monoisotopic (exact) mass is 307 g/mol. The molecule has 1 fully saturated rings. The summed E-state index contributed by atoms with van der Waals surface area (Å²) in [6.07, 6.45) is 2.68. The lowest BCUT2D eigenvalue weighted by Gasteiger charge is -2.34. The molecule has 0 aliphatic carbocycles. The lowest BCUT2D eigenvalue weighted by Crippen LogP contribution is -2.49. The number of hydrogen-bond donors (Lipinski definition) is 1. The Balaban J connectivity index is 2.49. The fraction of sp³-hybridized carbons (Fsp3) is 1.00. The van der Waals surface area contributed by atoms with Gasteiger partial charge < -0.3 is 10.1 Å². The van der Waals surface area contributed by atoms with Crippen molar-refractivity contribution in [3.63, 3.8) is 0 Å². The van der Waals surface area contributed by atoms with Gasteiger partial charge in [-0.1, -0.05) is 6.92 Å². The lowest BCUT2D eigenvalue weighted by atomic mass is 10.1. The van der Waals surface area contributed by atoms with E-state index in [2.05, 4.69) is 5.32 Å². The summed E-state index contributed by atoms with van der Waals surface area (Å²) in [6, 6.07) is 0. The zero-order valence-electron chi connectivity index (χ0n) is 13.0. The highest BCUT2D eigenvalue weighted by molar-refractivity contribution is 7.86. The average molecular weight is 307 g/mol. The summed E-state index contributed by atoms with van der Waals surface area (Å²) in [5.74, 6) is 0. The molecule has 6 nitrogen and oxygen atoms in total. The maximum Gasteiger partial charge on any atom is 0.281 e. The van der Waals surface area contributed by atoms with Crippen LogP contribution in [0.1, 0.15) is 33.1 Å². The van der Waals surface area contributed by atoms with Gasteiger partial charge in [-0.05, 0) is 39.3 Å². The Hall–Kier alpha value is -0.210. The summed E-state index contributed by atoms with van der Waals surface area (Å²) >= 11 is 0. The van der Waals surface area contributed by atoms with Gasteiger partial charge in [-0.3, -0.25) is 0 Å². The van der Waals surface area contributed by atoms with Crippen molar-refractivity contribution in [1.82, 2.24) is 13.9 Å². The van der Waals surface area contributed by atoms with E-state index in [0.29, 0.717) is 26.2 Å². The third-order valence-corrected chi connectivity index (χ3v) is 5.49. The molecular formula is C13H29N3O3S. The van der Waals surface area contributed by atoms with Gasteiger partial charge in [0.1, 0.15) is 0 Å². The van der Waals surface area contributed by atoms with Crippen LogP contribution >= 0.6 is 0 Å². The standard InChI is InChI=1S/C13H29N3O3S/c1-4-14-9-7-10-15(3)20(17,18)16-11-6-8-13(12-16)19-5-2/h13-14H,4-12H2,1-3H3. The van der Waals surface area contributed by atoms with Crippen LogP contribution in [0.25, 0.3) is 0 Å². The molecule has 1 saturated heterocycles. The number of piperidine rings is 1. The molecule has 20 heavy (non-hydrogen) atoms. The van der Waals surface area contributed by atoms with Crippen LogP contribution in [0.4, 0.5) is 0 Å². The van der Waals surface area contributed by atoms with E-state index in [1.807, 2.05) is 13.8 Å². The van der Waals surface area contributed by atoms with Crippen LogP contribution in [0.2, 0.25) is 0 Å². The Morgan fingerprint density at radius 1 is 1.40 bits per heavy atom. The molecule has 0 bridgehead atoms. The molecule has 120 valence electrons. The van der Waals surface area contributed by atoms with E-state index >= 15 is 0 Å². The normalized spacial score (nSPS) is 21.5. The van der Waals surface area contributed by atoms with Gasteiger partial charge in [0.25, 0.3) is 10.2 Å². The molecule has 0 radical (unpaired) electrons. The highest BCUT2D eigenvalue weighted by atomic mass is 32.2. The minimum Gasteiger partial charge on any atom is -0.377 e. The second-order valence-corrected chi connectivity index (χ2v) is 7.15. The fourth-order valence-corrected chi connectivity index (χ4v) is 3.87. The topological polar surface area (TPSA) is 61.9 Å². The summed E-state index contributed by atoms with van der Waals surface area (Å²) in [5, 5.41) is 3.20. The molecule has 0 aromatic rings. The Bertz CT molecular complexity index is 360. The van der Waals surface area contributed by atoms with E-state index in [1.54, 1.807) is 11.4 Å². The van der Waals surface area contributed by atoms with Crippen molar-refractivity contribution < 1.29 is 13.2 Å². The smallest absolute Gasteiger partial charge is 0.281 e. The Kier molecular flexibility index (Phi) is 7.98. The number of hydrogen-bond acceptors (Lipinski definition) is 4. The molecule has 1 rings (SSSR count). The van der Waals surface area contributed by atoms with Gasteiger partial charge in [0.05, 0.1) is 6.10 Å². The molecule has 1 aliphatic heterocycles. The first kappa shape index (κ1) is 17.8. The van der Waals surface area contributed by atoms with Crippen LogP contribution < -0.4 is 5.32 Å². The van der Waals surface area contributed by atoms with Crippen molar-refractivity contribution in [2.75, 3.05) is 46.4 Å². The van der Waals surface area contributed by atoms with E-state index in [-0.39, 0.29) is 6.10 Å². The summed E-state index contributed by atoms with van der Waals surface area (Å²) in [7, 11) is -1.68. The molecule has 1 N–H and O–H groups in total. The van der Waals surface area contributed by atoms with Gasteiger partial charge >= 0.3 is 0 Å². The zero-order chi connectivity index (χ0) is 15.0. The van der Waals surface area contributed by atoms with Crippen LogP contribution in [0.3, 0.4) is 0 Å². The van der Waals surface area contributed by atoms with E-state index in [9.17, 15) is 8.42 Å². The maximum absolute atomic E-state index is 12.5. The maximum atomic E-state index is 12.5. The van der Waals surface area contributed by atoms with E-state index in [0.717, 1.165) is 32.4 Å². The van der Waals surface area contributed by atoms with Crippen LogP contribution in [0.15, 0.2) is 0 Å². The molecule has 0 spiro atoms.